The largest absolute Gasteiger partial charge is 0.371 e. The summed E-state index contributed by atoms with van der Waals surface area (Å²) in [5.74, 6) is 0.0918. The van der Waals surface area contributed by atoms with Crippen LogP contribution in [0.5, 0.6) is 0 Å². The molecule has 0 atom stereocenters. The van der Waals surface area contributed by atoms with Crippen molar-refractivity contribution in [3.63, 3.8) is 0 Å². The third kappa shape index (κ3) is 4.89. The minimum absolute atomic E-state index is 0.0336. The SMILES string of the molecule is O=Cc1ccc(N2CCC(C(=O)N3CCN(S(=O)(=O)c4cccc(Br)c4)CC3)CC2)cc1. The lowest BCUT2D eigenvalue weighted by Crippen LogP contribution is -2.52. The van der Waals surface area contributed by atoms with Crippen molar-refractivity contribution in [3.8, 4) is 0 Å². The Kier molecular flexibility index (Phi) is 6.97. The van der Waals surface area contributed by atoms with E-state index in [-0.39, 0.29) is 16.7 Å². The summed E-state index contributed by atoms with van der Waals surface area (Å²) in [4.78, 5) is 28.2. The van der Waals surface area contributed by atoms with Crippen molar-refractivity contribution in [1.29, 1.82) is 0 Å². The quantitative estimate of drug-likeness (QED) is 0.567. The van der Waals surface area contributed by atoms with Gasteiger partial charge in [-0.25, -0.2) is 8.42 Å². The van der Waals surface area contributed by atoms with E-state index in [9.17, 15) is 18.0 Å². The van der Waals surface area contributed by atoms with Crippen molar-refractivity contribution in [3.05, 3.63) is 58.6 Å². The van der Waals surface area contributed by atoms with Gasteiger partial charge in [0.05, 0.1) is 4.90 Å². The molecule has 170 valence electrons. The fourth-order valence-corrected chi connectivity index (χ4v) is 6.35. The first kappa shape index (κ1) is 22.9. The van der Waals surface area contributed by atoms with E-state index in [0.29, 0.717) is 31.7 Å². The number of sulfonamides is 1. The predicted molar refractivity (Wildman–Crippen MR) is 126 cm³/mol. The average molecular weight is 520 g/mol. The number of anilines is 1. The second kappa shape index (κ2) is 9.72. The highest BCUT2D eigenvalue weighted by atomic mass is 79.9. The number of benzene rings is 2. The standard InChI is InChI=1S/C23H26BrN3O4S/c24-20-2-1-3-22(16-20)32(30,31)27-14-12-26(13-15-27)23(29)19-8-10-25(11-9-19)21-6-4-18(17-28)5-7-21/h1-7,16-17,19H,8-15H2. The maximum atomic E-state index is 13.0. The second-order valence-corrected chi connectivity index (χ2v) is 11.0. The van der Waals surface area contributed by atoms with E-state index in [2.05, 4.69) is 20.8 Å². The molecule has 2 aliphatic heterocycles. The Hall–Kier alpha value is -2.23. The molecule has 2 saturated heterocycles. The third-order valence-electron chi connectivity index (χ3n) is 6.22. The Morgan fingerprint density at radius 2 is 1.59 bits per heavy atom. The van der Waals surface area contributed by atoms with Crippen LogP contribution in [0.3, 0.4) is 0 Å². The van der Waals surface area contributed by atoms with Crippen molar-refractivity contribution < 1.29 is 18.0 Å². The van der Waals surface area contributed by atoms with Gasteiger partial charge in [0.25, 0.3) is 0 Å². The first-order valence-electron chi connectivity index (χ1n) is 10.7. The summed E-state index contributed by atoms with van der Waals surface area (Å²) in [6.45, 7) is 3.02. The van der Waals surface area contributed by atoms with Gasteiger partial charge >= 0.3 is 0 Å². The number of hydrogen-bond donors (Lipinski definition) is 0. The summed E-state index contributed by atoms with van der Waals surface area (Å²) in [5.41, 5.74) is 1.72. The molecule has 0 aliphatic carbocycles. The van der Waals surface area contributed by atoms with E-state index in [1.807, 2.05) is 17.0 Å². The number of halogens is 1. The molecule has 0 radical (unpaired) electrons. The van der Waals surface area contributed by atoms with E-state index in [4.69, 9.17) is 0 Å². The van der Waals surface area contributed by atoms with Crippen LogP contribution in [0.25, 0.3) is 0 Å². The molecule has 4 rings (SSSR count). The monoisotopic (exact) mass is 519 g/mol. The maximum Gasteiger partial charge on any atom is 0.243 e. The molecule has 0 saturated carbocycles. The Bertz CT molecular complexity index is 1070. The molecule has 7 nitrogen and oxygen atoms in total. The summed E-state index contributed by atoms with van der Waals surface area (Å²) in [6, 6.07) is 14.2. The Balaban J connectivity index is 1.30. The lowest BCUT2D eigenvalue weighted by molar-refractivity contribution is -0.137. The van der Waals surface area contributed by atoms with Crippen LogP contribution in [0.1, 0.15) is 23.2 Å². The summed E-state index contributed by atoms with van der Waals surface area (Å²) in [6.07, 6.45) is 2.37. The Labute approximate surface area is 197 Å². The predicted octanol–water partition coefficient (Wildman–Crippen LogP) is 3.01. The number of carbonyl (C=O) groups excluding carboxylic acids is 2. The van der Waals surface area contributed by atoms with E-state index in [0.717, 1.165) is 42.4 Å². The van der Waals surface area contributed by atoms with Crippen molar-refractivity contribution in [2.24, 2.45) is 5.92 Å². The zero-order valence-electron chi connectivity index (χ0n) is 17.7. The Morgan fingerprint density at radius 3 is 2.19 bits per heavy atom. The maximum absolute atomic E-state index is 13.0. The van der Waals surface area contributed by atoms with E-state index in [1.165, 1.54) is 4.31 Å². The van der Waals surface area contributed by atoms with Crippen molar-refractivity contribution in [1.82, 2.24) is 9.21 Å². The number of rotatable bonds is 5. The summed E-state index contributed by atoms with van der Waals surface area (Å²) in [7, 11) is -3.56. The summed E-state index contributed by atoms with van der Waals surface area (Å²) < 4.78 is 28.0. The molecular formula is C23H26BrN3O4S. The van der Waals surface area contributed by atoms with Crippen molar-refractivity contribution >= 4 is 43.8 Å². The average Bonchev–Trinajstić information content (AvgIpc) is 2.84. The molecule has 0 aromatic heterocycles. The second-order valence-electron chi connectivity index (χ2n) is 8.16. The molecule has 2 heterocycles. The molecule has 9 heteroatoms. The topological polar surface area (TPSA) is 78.0 Å². The minimum atomic E-state index is -3.56. The van der Waals surface area contributed by atoms with Crippen LogP contribution in [0, 0.1) is 5.92 Å². The highest BCUT2D eigenvalue weighted by molar-refractivity contribution is 9.10. The molecule has 0 N–H and O–H groups in total. The van der Waals surface area contributed by atoms with Gasteiger partial charge in [-0.05, 0) is 55.3 Å². The molecule has 2 fully saturated rings. The number of nitrogens with zero attached hydrogens (tertiary/aromatic N) is 3. The van der Waals surface area contributed by atoms with Gasteiger partial charge in [-0.3, -0.25) is 9.59 Å². The fraction of sp³-hybridized carbons (Fsp3) is 0.391. The molecule has 2 aliphatic rings. The molecule has 0 unspecified atom stereocenters. The van der Waals surface area contributed by atoms with Crippen LogP contribution >= 0.6 is 15.9 Å². The summed E-state index contributed by atoms with van der Waals surface area (Å²) >= 11 is 3.32. The van der Waals surface area contributed by atoms with Gasteiger partial charge in [0, 0.05) is 60.9 Å². The highest BCUT2D eigenvalue weighted by Gasteiger charge is 2.34. The van der Waals surface area contributed by atoms with Gasteiger partial charge in [0.15, 0.2) is 0 Å². The van der Waals surface area contributed by atoms with Gasteiger partial charge in [-0.2, -0.15) is 4.31 Å². The minimum Gasteiger partial charge on any atom is -0.371 e. The van der Waals surface area contributed by atoms with Gasteiger partial charge in [0.1, 0.15) is 6.29 Å². The van der Waals surface area contributed by atoms with E-state index >= 15 is 0 Å². The van der Waals surface area contributed by atoms with Crippen LogP contribution < -0.4 is 4.90 Å². The number of aldehydes is 1. The molecular weight excluding hydrogens is 494 g/mol. The molecule has 32 heavy (non-hydrogen) atoms. The number of hydrogen-bond acceptors (Lipinski definition) is 5. The van der Waals surface area contributed by atoms with E-state index < -0.39 is 10.0 Å². The van der Waals surface area contributed by atoms with E-state index in [1.54, 1.807) is 36.4 Å². The highest BCUT2D eigenvalue weighted by Crippen LogP contribution is 2.26. The molecule has 1 amide bonds. The van der Waals surface area contributed by atoms with Gasteiger partial charge in [-0.15, -0.1) is 0 Å². The first-order chi connectivity index (χ1) is 15.4. The van der Waals surface area contributed by atoms with Gasteiger partial charge < -0.3 is 9.80 Å². The lowest BCUT2D eigenvalue weighted by Gasteiger charge is -2.38. The van der Waals surface area contributed by atoms with Crippen LogP contribution in [0.15, 0.2) is 57.9 Å². The number of amides is 1. The number of carbonyl (C=O) groups is 2. The van der Waals surface area contributed by atoms with Crippen molar-refractivity contribution in [2.45, 2.75) is 17.7 Å². The fourth-order valence-electron chi connectivity index (χ4n) is 4.33. The number of piperidine rings is 1. The third-order valence-corrected chi connectivity index (χ3v) is 8.61. The first-order valence-corrected chi connectivity index (χ1v) is 13.0. The molecule has 2 aromatic carbocycles. The van der Waals surface area contributed by atoms with Gasteiger partial charge in [0.2, 0.25) is 15.9 Å². The summed E-state index contributed by atoms with van der Waals surface area (Å²) in [5, 5.41) is 0. The van der Waals surface area contributed by atoms with Gasteiger partial charge in [-0.1, -0.05) is 22.0 Å². The van der Waals surface area contributed by atoms with Crippen molar-refractivity contribution in [2.75, 3.05) is 44.2 Å². The number of piperazine rings is 1. The zero-order chi connectivity index (χ0) is 22.7. The normalized spacial score (nSPS) is 18.5. The molecule has 0 bridgehead atoms. The van der Waals surface area contributed by atoms with Crippen LogP contribution in [0.4, 0.5) is 5.69 Å². The smallest absolute Gasteiger partial charge is 0.243 e. The van der Waals surface area contributed by atoms with Crippen LogP contribution in [0.2, 0.25) is 0 Å². The zero-order valence-corrected chi connectivity index (χ0v) is 20.1. The lowest BCUT2D eigenvalue weighted by atomic mass is 9.94. The Morgan fingerprint density at radius 1 is 0.938 bits per heavy atom. The van der Waals surface area contributed by atoms with Crippen LogP contribution in [-0.2, 0) is 14.8 Å². The molecule has 2 aromatic rings. The molecule has 0 spiro atoms. The van der Waals surface area contributed by atoms with Crippen LogP contribution in [-0.4, -0.2) is 69.1 Å².